The molecule has 0 bridgehead atoms. The van der Waals surface area contributed by atoms with E-state index in [2.05, 4.69) is 0 Å². The van der Waals surface area contributed by atoms with E-state index in [4.69, 9.17) is 14.6 Å². The maximum absolute atomic E-state index is 11.4. The van der Waals surface area contributed by atoms with Crippen LogP contribution < -0.4 is 0 Å². The molecule has 2 aliphatic rings. The Hall–Kier alpha value is -1.10. The smallest absolute Gasteiger partial charge is 0.332 e. The zero-order valence-electron chi connectivity index (χ0n) is 8.51. The van der Waals surface area contributed by atoms with Crippen LogP contribution in [0.5, 0.6) is 0 Å². The van der Waals surface area contributed by atoms with Gasteiger partial charge in [0.05, 0.1) is 19.1 Å². The summed E-state index contributed by atoms with van der Waals surface area (Å²) in [6.45, 7) is 2.50. The average Bonchev–Trinajstić information content (AvgIpc) is 2.90. The van der Waals surface area contributed by atoms with E-state index in [0.29, 0.717) is 19.6 Å². The number of rotatable bonds is 3. The molecule has 0 radical (unpaired) electrons. The zero-order valence-corrected chi connectivity index (χ0v) is 8.51. The minimum absolute atomic E-state index is 0.130. The van der Waals surface area contributed by atoms with Crippen molar-refractivity contribution in [3.05, 3.63) is 0 Å². The predicted octanol–water partition coefficient (Wildman–Crippen LogP) is 0.285. The SMILES string of the molecule is CCOC(=O)C1[C@H]2CO[C@@H](C(=O)O)C[C@@H]12. The van der Waals surface area contributed by atoms with Gasteiger partial charge in [0, 0.05) is 0 Å². The van der Waals surface area contributed by atoms with Crippen LogP contribution in [0.25, 0.3) is 0 Å². The highest BCUT2D eigenvalue weighted by Gasteiger charge is 2.59. The molecule has 15 heavy (non-hydrogen) atoms. The van der Waals surface area contributed by atoms with Crippen LogP contribution in [0.1, 0.15) is 13.3 Å². The number of esters is 1. The lowest BCUT2D eigenvalue weighted by Gasteiger charge is -2.17. The highest BCUT2D eigenvalue weighted by Crippen LogP contribution is 2.53. The fourth-order valence-corrected chi connectivity index (χ4v) is 2.30. The van der Waals surface area contributed by atoms with Crippen LogP contribution in [-0.4, -0.2) is 36.4 Å². The van der Waals surface area contributed by atoms with Gasteiger partial charge >= 0.3 is 11.9 Å². The molecule has 1 aliphatic carbocycles. The summed E-state index contributed by atoms with van der Waals surface area (Å²) in [5.74, 6) is -0.946. The van der Waals surface area contributed by atoms with Gasteiger partial charge in [0.1, 0.15) is 0 Å². The van der Waals surface area contributed by atoms with Crippen LogP contribution in [0.4, 0.5) is 0 Å². The molecule has 1 unspecified atom stereocenters. The maximum atomic E-state index is 11.4. The topological polar surface area (TPSA) is 72.8 Å². The van der Waals surface area contributed by atoms with Crippen molar-refractivity contribution >= 4 is 11.9 Å². The third kappa shape index (κ3) is 1.84. The lowest BCUT2D eigenvalue weighted by molar-refractivity contribution is -0.153. The van der Waals surface area contributed by atoms with E-state index in [-0.39, 0.29) is 23.7 Å². The molecule has 84 valence electrons. The summed E-state index contributed by atoms with van der Waals surface area (Å²) in [6.07, 6.45) is -0.311. The molecule has 4 atom stereocenters. The van der Waals surface area contributed by atoms with E-state index in [9.17, 15) is 9.59 Å². The van der Waals surface area contributed by atoms with Gasteiger partial charge in [-0.2, -0.15) is 0 Å². The minimum atomic E-state index is -0.942. The number of hydrogen-bond donors (Lipinski definition) is 1. The number of fused-ring (bicyclic) bond motifs is 1. The van der Waals surface area contributed by atoms with Crippen molar-refractivity contribution < 1.29 is 24.2 Å². The fourth-order valence-electron chi connectivity index (χ4n) is 2.30. The summed E-state index contributed by atoms with van der Waals surface area (Å²) < 4.78 is 10.1. The van der Waals surface area contributed by atoms with Gasteiger partial charge in [-0.05, 0) is 25.2 Å². The molecule has 1 N–H and O–H groups in total. The second kappa shape index (κ2) is 3.81. The van der Waals surface area contributed by atoms with Crippen LogP contribution in [-0.2, 0) is 19.1 Å². The monoisotopic (exact) mass is 214 g/mol. The zero-order chi connectivity index (χ0) is 11.0. The normalized spacial score (nSPS) is 37.9. The highest BCUT2D eigenvalue weighted by atomic mass is 16.5. The van der Waals surface area contributed by atoms with Gasteiger partial charge < -0.3 is 14.6 Å². The Labute approximate surface area is 87.4 Å². The van der Waals surface area contributed by atoms with Gasteiger partial charge in [-0.1, -0.05) is 0 Å². The van der Waals surface area contributed by atoms with Crippen LogP contribution >= 0.6 is 0 Å². The standard InChI is InChI=1S/C10H14O5/c1-2-14-10(13)8-5-3-7(9(11)12)15-4-6(5)8/h5-8H,2-4H2,1H3,(H,11,12)/t5-,6+,7-,8?/m1/s1. The Balaban J connectivity index is 1.90. The number of carbonyl (C=O) groups is 2. The lowest BCUT2D eigenvalue weighted by atomic mass is 10.1. The molecule has 5 nitrogen and oxygen atoms in total. The van der Waals surface area contributed by atoms with Crippen molar-refractivity contribution in [2.75, 3.05) is 13.2 Å². The Kier molecular flexibility index (Phi) is 2.65. The lowest BCUT2D eigenvalue weighted by Crippen LogP contribution is -2.28. The highest BCUT2D eigenvalue weighted by molar-refractivity contribution is 5.78. The fraction of sp³-hybridized carbons (Fsp3) is 0.800. The second-order valence-corrected chi connectivity index (χ2v) is 4.00. The van der Waals surface area contributed by atoms with E-state index in [1.807, 2.05) is 0 Å². The number of hydrogen-bond acceptors (Lipinski definition) is 4. The van der Waals surface area contributed by atoms with E-state index in [1.165, 1.54) is 0 Å². The number of carbonyl (C=O) groups excluding carboxylic acids is 1. The quantitative estimate of drug-likeness (QED) is 0.683. The summed E-state index contributed by atoms with van der Waals surface area (Å²) in [7, 11) is 0. The van der Waals surface area contributed by atoms with Gasteiger partial charge in [-0.25, -0.2) is 4.79 Å². The van der Waals surface area contributed by atoms with Crippen molar-refractivity contribution in [1.29, 1.82) is 0 Å². The van der Waals surface area contributed by atoms with Gasteiger partial charge in [0.25, 0.3) is 0 Å². The number of carboxylic acid groups (broad SMARTS) is 1. The molecule has 2 fully saturated rings. The average molecular weight is 214 g/mol. The minimum Gasteiger partial charge on any atom is -0.479 e. The van der Waals surface area contributed by atoms with Crippen molar-refractivity contribution in [3.8, 4) is 0 Å². The molecular weight excluding hydrogens is 200 g/mol. The largest absolute Gasteiger partial charge is 0.479 e. The molecule has 0 aromatic heterocycles. The van der Waals surface area contributed by atoms with Crippen molar-refractivity contribution in [3.63, 3.8) is 0 Å². The van der Waals surface area contributed by atoms with Crippen LogP contribution in [0.2, 0.25) is 0 Å². The van der Waals surface area contributed by atoms with Crippen molar-refractivity contribution in [2.45, 2.75) is 19.4 Å². The first-order chi connectivity index (χ1) is 7.15. The molecule has 1 saturated heterocycles. The first-order valence-electron chi connectivity index (χ1n) is 5.16. The number of ether oxygens (including phenoxy) is 2. The second-order valence-electron chi connectivity index (χ2n) is 4.00. The van der Waals surface area contributed by atoms with Crippen LogP contribution in [0.15, 0.2) is 0 Å². The third-order valence-corrected chi connectivity index (χ3v) is 3.14. The molecular formula is C10H14O5. The Bertz CT molecular complexity index is 288. The molecule has 1 heterocycles. The van der Waals surface area contributed by atoms with Gasteiger partial charge in [0.2, 0.25) is 0 Å². The summed E-state index contributed by atoms with van der Waals surface area (Å²) in [6, 6.07) is 0. The van der Waals surface area contributed by atoms with Gasteiger partial charge in [-0.3, -0.25) is 4.79 Å². The van der Waals surface area contributed by atoms with E-state index in [0.717, 1.165) is 0 Å². The third-order valence-electron chi connectivity index (χ3n) is 3.14. The summed E-state index contributed by atoms with van der Waals surface area (Å²) in [5.41, 5.74) is 0. The number of aliphatic carboxylic acids is 1. The van der Waals surface area contributed by atoms with Crippen LogP contribution in [0.3, 0.4) is 0 Å². The predicted molar refractivity (Wildman–Crippen MR) is 49.1 cm³/mol. The summed E-state index contributed by atoms with van der Waals surface area (Å²) in [5, 5.41) is 8.76. The van der Waals surface area contributed by atoms with Gasteiger partial charge in [-0.15, -0.1) is 0 Å². The first kappa shape index (κ1) is 10.4. The molecule has 1 aliphatic heterocycles. The summed E-state index contributed by atoms with van der Waals surface area (Å²) >= 11 is 0. The molecule has 0 aromatic rings. The van der Waals surface area contributed by atoms with Crippen molar-refractivity contribution in [1.82, 2.24) is 0 Å². The molecule has 2 rings (SSSR count). The summed E-state index contributed by atoms with van der Waals surface area (Å²) in [4.78, 5) is 22.1. The van der Waals surface area contributed by atoms with Gasteiger partial charge in [0.15, 0.2) is 6.10 Å². The Morgan fingerprint density at radius 1 is 1.47 bits per heavy atom. The van der Waals surface area contributed by atoms with E-state index in [1.54, 1.807) is 6.92 Å². The van der Waals surface area contributed by atoms with E-state index >= 15 is 0 Å². The molecule has 5 heteroatoms. The molecule has 1 saturated carbocycles. The number of carboxylic acids is 1. The molecule has 0 amide bonds. The maximum Gasteiger partial charge on any atom is 0.332 e. The molecule has 0 aromatic carbocycles. The Morgan fingerprint density at radius 2 is 2.20 bits per heavy atom. The first-order valence-corrected chi connectivity index (χ1v) is 5.16. The molecule has 0 spiro atoms. The van der Waals surface area contributed by atoms with Crippen LogP contribution in [0, 0.1) is 17.8 Å². The van der Waals surface area contributed by atoms with E-state index < -0.39 is 12.1 Å². The van der Waals surface area contributed by atoms with Crippen molar-refractivity contribution in [2.24, 2.45) is 17.8 Å². The Morgan fingerprint density at radius 3 is 2.80 bits per heavy atom.